The van der Waals surface area contributed by atoms with Crippen LogP contribution in [0.2, 0.25) is 0 Å². The Morgan fingerprint density at radius 3 is 2.74 bits per heavy atom. The zero-order chi connectivity index (χ0) is 23.5. The van der Waals surface area contributed by atoms with Crippen LogP contribution in [-0.4, -0.2) is 58.6 Å². The van der Waals surface area contributed by atoms with Crippen LogP contribution in [0.3, 0.4) is 0 Å². The molecule has 1 saturated carbocycles. The highest BCUT2D eigenvalue weighted by Crippen LogP contribution is 2.37. The van der Waals surface area contributed by atoms with Crippen LogP contribution in [0.15, 0.2) is 24.4 Å². The molecule has 1 aliphatic heterocycles. The van der Waals surface area contributed by atoms with Gasteiger partial charge < -0.3 is 14.4 Å². The molecule has 1 saturated heterocycles. The van der Waals surface area contributed by atoms with Crippen LogP contribution in [0.1, 0.15) is 67.3 Å². The molecule has 2 aromatic heterocycles. The Morgan fingerprint density at radius 1 is 1.18 bits per heavy atom. The topological polar surface area (TPSA) is 90.3 Å². The van der Waals surface area contributed by atoms with Crippen molar-refractivity contribution in [1.29, 1.82) is 0 Å². The first-order valence-corrected chi connectivity index (χ1v) is 12.4. The van der Waals surface area contributed by atoms with Crippen molar-refractivity contribution in [2.45, 2.75) is 58.0 Å². The summed E-state index contributed by atoms with van der Waals surface area (Å²) in [6, 6.07) is 4.41. The summed E-state index contributed by atoms with van der Waals surface area (Å²) in [7, 11) is 1.63. The second-order valence-corrected chi connectivity index (χ2v) is 9.67. The molecule has 3 aliphatic rings. The number of carbonyl (C=O) groups excluding carboxylic acids is 1. The fraction of sp³-hybridized carbons (Fsp3) is 0.577. The van der Waals surface area contributed by atoms with Crippen LogP contribution in [0.4, 0.5) is 5.95 Å². The maximum atomic E-state index is 12.9. The first kappa shape index (κ1) is 22.9. The molecule has 34 heavy (non-hydrogen) atoms. The van der Waals surface area contributed by atoms with E-state index in [-0.39, 0.29) is 23.7 Å². The number of methoxy groups -OCH3 is 1. The van der Waals surface area contributed by atoms with Gasteiger partial charge in [0.15, 0.2) is 0 Å². The predicted molar refractivity (Wildman–Crippen MR) is 129 cm³/mol. The fourth-order valence-corrected chi connectivity index (χ4v) is 5.12. The Labute approximate surface area is 200 Å². The molecule has 5 rings (SSSR count). The van der Waals surface area contributed by atoms with Crippen LogP contribution in [-0.2, 0) is 11.2 Å². The van der Waals surface area contributed by atoms with Gasteiger partial charge in [-0.15, -0.1) is 0 Å². The van der Waals surface area contributed by atoms with Crippen LogP contribution in [0.5, 0.6) is 6.01 Å². The Kier molecular flexibility index (Phi) is 6.85. The van der Waals surface area contributed by atoms with Crippen molar-refractivity contribution in [3.05, 3.63) is 41.5 Å². The molecule has 3 heterocycles. The lowest BCUT2D eigenvalue weighted by atomic mass is 9.82. The monoisotopic (exact) mass is 463 g/mol. The van der Waals surface area contributed by atoms with E-state index in [1.54, 1.807) is 7.11 Å². The average molecular weight is 464 g/mol. The highest BCUT2D eigenvalue weighted by atomic mass is 16.5. The molecule has 0 unspecified atom stereocenters. The van der Waals surface area contributed by atoms with E-state index in [1.807, 2.05) is 19.2 Å². The Balaban J connectivity index is 1.31. The van der Waals surface area contributed by atoms with Gasteiger partial charge in [-0.3, -0.25) is 9.78 Å². The normalized spacial score (nSPS) is 19.4. The quantitative estimate of drug-likeness (QED) is 0.517. The molecule has 8 heteroatoms. The van der Waals surface area contributed by atoms with Gasteiger partial charge in [0, 0.05) is 39.2 Å². The predicted octanol–water partition coefficient (Wildman–Crippen LogP) is 3.91. The lowest BCUT2D eigenvalue weighted by molar-refractivity contribution is 0.0836. The Morgan fingerprint density at radius 2 is 2.00 bits per heavy atom. The number of fused-ring (bicyclic) bond motifs is 1. The van der Waals surface area contributed by atoms with Crippen molar-refractivity contribution in [3.63, 3.8) is 0 Å². The van der Waals surface area contributed by atoms with E-state index in [2.05, 4.69) is 37.0 Å². The smallest absolute Gasteiger partial charge is 0.322 e. The highest BCUT2D eigenvalue weighted by molar-refractivity contribution is 5.93. The van der Waals surface area contributed by atoms with E-state index < -0.39 is 0 Å². The van der Waals surface area contributed by atoms with Gasteiger partial charge in [-0.25, -0.2) is 0 Å². The minimum Gasteiger partial charge on any atom is -0.458 e. The summed E-state index contributed by atoms with van der Waals surface area (Å²) in [5, 5.41) is 0. The summed E-state index contributed by atoms with van der Waals surface area (Å²) >= 11 is 0. The third-order valence-corrected chi connectivity index (χ3v) is 7.19. The van der Waals surface area contributed by atoms with Gasteiger partial charge in [-0.05, 0) is 61.6 Å². The number of allylic oxidation sites excluding steroid dienone is 2. The highest BCUT2D eigenvalue weighted by Gasteiger charge is 2.29. The standard InChI is InChI=1S/C26H33N5O3/c1-17(16-33-2)34-26-29-24(23(32)15-18-5-3-6-18)28-25(30-26)31-13-10-19(11-14-31)20-8-9-22-21(20)7-4-12-27-22/h4,7-8,12,17-19H,3,5-6,9-11,13-16H2,1-2H3/t17-/m1/s1. The van der Waals surface area contributed by atoms with E-state index in [1.165, 1.54) is 23.3 Å². The summed E-state index contributed by atoms with van der Waals surface area (Å²) in [4.78, 5) is 33.2. The van der Waals surface area contributed by atoms with Gasteiger partial charge in [0.25, 0.3) is 0 Å². The van der Waals surface area contributed by atoms with Crippen molar-refractivity contribution >= 4 is 17.3 Å². The van der Waals surface area contributed by atoms with Crippen molar-refractivity contribution in [3.8, 4) is 6.01 Å². The molecule has 0 N–H and O–H groups in total. The summed E-state index contributed by atoms with van der Waals surface area (Å²) in [5.74, 6) is 1.69. The van der Waals surface area contributed by atoms with Crippen LogP contribution in [0, 0.1) is 11.8 Å². The second kappa shape index (κ2) is 10.2. The molecule has 8 nitrogen and oxygen atoms in total. The maximum Gasteiger partial charge on any atom is 0.322 e. The fourth-order valence-electron chi connectivity index (χ4n) is 5.12. The van der Waals surface area contributed by atoms with Crippen LogP contribution in [0.25, 0.3) is 5.57 Å². The van der Waals surface area contributed by atoms with E-state index in [9.17, 15) is 4.79 Å². The number of piperidine rings is 1. The Hall–Kier alpha value is -2.87. The van der Waals surface area contributed by atoms with Gasteiger partial charge in [0.05, 0.1) is 12.3 Å². The maximum absolute atomic E-state index is 12.9. The van der Waals surface area contributed by atoms with Gasteiger partial charge in [0.1, 0.15) is 6.10 Å². The molecule has 2 aliphatic carbocycles. The number of Topliss-reactive ketones (excluding diaryl/α,β-unsaturated/α-hetero) is 1. The summed E-state index contributed by atoms with van der Waals surface area (Å²) in [6.07, 6.45) is 10.8. The first-order chi connectivity index (χ1) is 16.6. The number of nitrogens with zero attached hydrogens (tertiary/aromatic N) is 5. The number of aromatic nitrogens is 4. The molecule has 2 fully saturated rings. The number of pyridine rings is 1. The minimum absolute atomic E-state index is 0.0206. The first-order valence-electron chi connectivity index (χ1n) is 12.4. The minimum atomic E-state index is -0.219. The van der Waals surface area contributed by atoms with E-state index in [0.717, 1.165) is 45.2 Å². The van der Waals surface area contributed by atoms with Crippen molar-refractivity contribution in [1.82, 2.24) is 19.9 Å². The molecule has 180 valence electrons. The number of carbonyl (C=O) groups is 1. The zero-order valence-corrected chi connectivity index (χ0v) is 20.1. The third-order valence-electron chi connectivity index (χ3n) is 7.19. The lowest BCUT2D eigenvalue weighted by Crippen LogP contribution is -2.36. The zero-order valence-electron chi connectivity index (χ0n) is 20.1. The van der Waals surface area contributed by atoms with Crippen molar-refractivity contribution < 1.29 is 14.3 Å². The molecule has 1 atom stereocenters. The largest absolute Gasteiger partial charge is 0.458 e. The number of hydrogen-bond donors (Lipinski definition) is 0. The molecule has 0 amide bonds. The van der Waals surface area contributed by atoms with Crippen LogP contribution >= 0.6 is 0 Å². The van der Waals surface area contributed by atoms with Crippen molar-refractivity contribution in [2.75, 3.05) is 31.7 Å². The average Bonchev–Trinajstić information content (AvgIpc) is 3.25. The summed E-state index contributed by atoms with van der Waals surface area (Å²) in [5.41, 5.74) is 3.90. The molecule has 0 aromatic carbocycles. The number of anilines is 1. The lowest BCUT2D eigenvalue weighted by Gasteiger charge is -2.33. The summed E-state index contributed by atoms with van der Waals surface area (Å²) < 4.78 is 11.1. The van der Waals surface area contributed by atoms with Crippen LogP contribution < -0.4 is 9.64 Å². The van der Waals surface area contributed by atoms with Gasteiger partial charge in [-0.2, -0.15) is 15.0 Å². The molecule has 2 aromatic rings. The van der Waals surface area contributed by atoms with E-state index >= 15 is 0 Å². The van der Waals surface area contributed by atoms with Crippen molar-refractivity contribution in [2.24, 2.45) is 11.8 Å². The van der Waals surface area contributed by atoms with Gasteiger partial charge in [0.2, 0.25) is 17.6 Å². The SMILES string of the molecule is COC[C@@H](C)Oc1nc(C(=O)CC2CCC2)nc(N2CCC(C3=CCc4ncccc43)CC2)n1. The number of ether oxygens (including phenoxy) is 2. The molecule has 0 radical (unpaired) electrons. The number of ketones is 1. The summed E-state index contributed by atoms with van der Waals surface area (Å²) in [6.45, 7) is 3.97. The number of hydrogen-bond acceptors (Lipinski definition) is 8. The Bertz CT molecular complexity index is 1060. The molecule has 0 spiro atoms. The van der Waals surface area contributed by atoms with E-state index in [4.69, 9.17) is 9.47 Å². The molecular weight excluding hydrogens is 430 g/mol. The third kappa shape index (κ3) is 4.97. The van der Waals surface area contributed by atoms with Gasteiger partial charge >= 0.3 is 6.01 Å². The second-order valence-electron chi connectivity index (χ2n) is 9.67. The van der Waals surface area contributed by atoms with Gasteiger partial charge in [-0.1, -0.05) is 18.6 Å². The molecule has 0 bridgehead atoms. The number of rotatable bonds is 9. The van der Waals surface area contributed by atoms with E-state index in [0.29, 0.717) is 30.8 Å². The molecular formula is C26H33N5O3.